The first-order valence-electron chi connectivity index (χ1n) is 10.4. The van der Waals surface area contributed by atoms with Crippen molar-refractivity contribution in [2.45, 2.75) is 18.9 Å². The van der Waals surface area contributed by atoms with Crippen LogP contribution in [0.2, 0.25) is 0 Å². The maximum Gasteiger partial charge on any atom is 0.264 e. The SMILES string of the molecule is N#Cc1ccc(-c2cc(C(=O)N3CCCC(N)C3)sc2-c2ccn3ccnc3c2)cc1F. The Kier molecular flexibility index (Phi) is 5.21. The minimum atomic E-state index is -0.583. The van der Waals surface area contributed by atoms with Crippen molar-refractivity contribution in [3.05, 3.63) is 71.2 Å². The van der Waals surface area contributed by atoms with E-state index < -0.39 is 5.82 Å². The van der Waals surface area contributed by atoms with E-state index in [0.717, 1.165) is 34.5 Å². The van der Waals surface area contributed by atoms with Gasteiger partial charge >= 0.3 is 0 Å². The molecule has 0 bridgehead atoms. The van der Waals surface area contributed by atoms with E-state index in [4.69, 9.17) is 11.0 Å². The maximum atomic E-state index is 14.4. The van der Waals surface area contributed by atoms with Gasteiger partial charge in [0.25, 0.3) is 5.91 Å². The van der Waals surface area contributed by atoms with Gasteiger partial charge in [-0.3, -0.25) is 4.79 Å². The van der Waals surface area contributed by atoms with Gasteiger partial charge < -0.3 is 15.0 Å². The second kappa shape index (κ2) is 8.19. The molecule has 160 valence electrons. The number of thiophene rings is 1. The lowest BCUT2D eigenvalue weighted by atomic mass is 10.0. The van der Waals surface area contributed by atoms with Crippen LogP contribution in [0.25, 0.3) is 27.2 Å². The predicted octanol–water partition coefficient (Wildman–Crippen LogP) is 4.30. The maximum absolute atomic E-state index is 14.4. The second-order valence-electron chi connectivity index (χ2n) is 7.92. The van der Waals surface area contributed by atoms with E-state index in [1.54, 1.807) is 17.2 Å². The molecule has 8 heteroatoms. The molecule has 1 aliphatic heterocycles. The van der Waals surface area contributed by atoms with Crippen LogP contribution < -0.4 is 5.73 Å². The summed E-state index contributed by atoms with van der Waals surface area (Å²) < 4.78 is 16.3. The zero-order valence-electron chi connectivity index (χ0n) is 17.2. The molecule has 1 fully saturated rings. The van der Waals surface area contributed by atoms with E-state index in [9.17, 15) is 9.18 Å². The van der Waals surface area contributed by atoms with Crippen LogP contribution in [0.15, 0.2) is 55.0 Å². The van der Waals surface area contributed by atoms with Crippen LogP contribution in [0.5, 0.6) is 0 Å². The average Bonchev–Trinajstić information content (AvgIpc) is 3.45. The molecule has 1 unspecified atom stereocenters. The number of aromatic nitrogens is 2. The monoisotopic (exact) mass is 445 g/mol. The number of nitrogens with zero attached hydrogens (tertiary/aromatic N) is 4. The van der Waals surface area contributed by atoms with Gasteiger partial charge in [-0.2, -0.15) is 5.26 Å². The minimum absolute atomic E-state index is 0.0112. The Morgan fingerprint density at radius 2 is 2.09 bits per heavy atom. The van der Waals surface area contributed by atoms with Gasteiger partial charge in [0.15, 0.2) is 0 Å². The van der Waals surface area contributed by atoms with Crippen LogP contribution in [0.4, 0.5) is 4.39 Å². The number of nitriles is 1. The summed E-state index contributed by atoms with van der Waals surface area (Å²) in [5.74, 6) is -0.644. The van der Waals surface area contributed by atoms with Gasteiger partial charge in [0.2, 0.25) is 0 Å². The van der Waals surface area contributed by atoms with Crippen molar-refractivity contribution in [2.75, 3.05) is 13.1 Å². The number of carbonyl (C=O) groups is 1. The lowest BCUT2D eigenvalue weighted by Crippen LogP contribution is -2.45. The highest BCUT2D eigenvalue weighted by Gasteiger charge is 2.25. The Hall–Kier alpha value is -3.54. The Bertz CT molecular complexity index is 1370. The molecule has 1 aromatic carbocycles. The number of hydrogen-bond donors (Lipinski definition) is 1. The number of amides is 1. The molecule has 4 aromatic rings. The number of likely N-dealkylation sites (tertiary alicyclic amines) is 1. The van der Waals surface area contributed by atoms with E-state index in [1.165, 1.54) is 23.5 Å². The molecule has 6 nitrogen and oxygen atoms in total. The number of benzene rings is 1. The van der Waals surface area contributed by atoms with E-state index in [1.807, 2.05) is 41.1 Å². The summed E-state index contributed by atoms with van der Waals surface area (Å²) in [5, 5.41) is 9.08. The third-order valence-corrected chi connectivity index (χ3v) is 6.92. The Balaban J connectivity index is 1.62. The average molecular weight is 446 g/mol. The van der Waals surface area contributed by atoms with E-state index in [-0.39, 0.29) is 17.5 Å². The van der Waals surface area contributed by atoms with Crippen LogP contribution in [0, 0.1) is 17.1 Å². The van der Waals surface area contributed by atoms with Gasteiger partial charge in [0, 0.05) is 48.2 Å². The van der Waals surface area contributed by atoms with Crippen molar-refractivity contribution in [3.8, 4) is 27.6 Å². The van der Waals surface area contributed by atoms with E-state index >= 15 is 0 Å². The van der Waals surface area contributed by atoms with E-state index in [0.29, 0.717) is 23.5 Å². The van der Waals surface area contributed by atoms with Crippen LogP contribution in [-0.2, 0) is 0 Å². The lowest BCUT2D eigenvalue weighted by Gasteiger charge is -2.30. The number of nitrogens with two attached hydrogens (primary N) is 1. The first-order chi connectivity index (χ1) is 15.5. The molecule has 4 heterocycles. The third kappa shape index (κ3) is 3.66. The number of pyridine rings is 1. The molecular weight excluding hydrogens is 425 g/mol. The van der Waals surface area contributed by atoms with Crippen LogP contribution in [0.1, 0.15) is 28.1 Å². The zero-order valence-corrected chi connectivity index (χ0v) is 18.0. The Labute approximate surface area is 188 Å². The molecule has 0 aliphatic carbocycles. The summed E-state index contributed by atoms with van der Waals surface area (Å²) in [6.07, 6.45) is 7.29. The number of hydrogen-bond acceptors (Lipinski definition) is 5. The van der Waals surface area contributed by atoms with Gasteiger partial charge in [-0.05, 0) is 54.3 Å². The number of imidazole rings is 1. The fourth-order valence-electron chi connectivity index (χ4n) is 4.10. The fourth-order valence-corrected chi connectivity index (χ4v) is 5.24. The van der Waals surface area contributed by atoms with Gasteiger partial charge in [-0.25, -0.2) is 9.37 Å². The normalized spacial score (nSPS) is 16.3. The van der Waals surface area contributed by atoms with Crippen LogP contribution in [-0.4, -0.2) is 39.3 Å². The minimum Gasteiger partial charge on any atom is -0.336 e. The molecule has 32 heavy (non-hydrogen) atoms. The first kappa shape index (κ1) is 20.4. The number of halogens is 1. The second-order valence-corrected chi connectivity index (χ2v) is 8.97. The molecule has 1 amide bonds. The highest BCUT2D eigenvalue weighted by atomic mass is 32.1. The molecule has 0 spiro atoms. The summed E-state index contributed by atoms with van der Waals surface area (Å²) in [4.78, 5) is 20.8. The van der Waals surface area contributed by atoms with Gasteiger partial charge in [-0.1, -0.05) is 6.07 Å². The summed E-state index contributed by atoms with van der Waals surface area (Å²) in [7, 11) is 0. The number of fused-ring (bicyclic) bond motifs is 1. The molecule has 5 rings (SSSR count). The van der Waals surface area contributed by atoms with Crippen molar-refractivity contribution in [1.29, 1.82) is 5.26 Å². The van der Waals surface area contributed by atoms with Gasteiger partial charge in [0.05, 0.1) is 10.4 Å². The van der Waals surface area contributed by atoms with E-state index in [2.05, 4.69) is 4.98 Å². The van der Waals surface area contributed by atoms with Gasteiger partial charge in [0.1, 0.15) is 17.5 Å². The quantitative estimate of drug-likeness (QED) is 0.509. The Morgan fingerprint density at radius 3 is 2.88 bits per heavy atom. The Morgan fingerprint density at radius 1 is 1.22 bits per heavy atom. The lowest BCUT2D eigenvalue weighted by molar-refractivity contribution is 0.0714. The highest BCUT2D eigenvalue weighted by molar-refractivity contribution is 7.18. The molecule has 1 saturated heterocycles. The molecular formula is C24H20FN5OS. The zero-order chi connectivity index (χ0) is 22.2. The molecule has 0 saturated carbocycles. The predicted molar refractivity (Wildman–Crippen MR) is 122 cm³/mol. The first-order valence-corrected chi connectivity index (χ1v) is 11.2. The molecule has 3 aromatic heterocycles. The third-order valence-electron chi connectivity index (χ3n) is 5.75. The number of piperidine rings is 1. The number of rotatable bonds is 3. The van der Waals surface area contributed by atoms with Crippen molar-refractivity contribution in [1.82, 2.24) is 14.3 Å². The van der Waals surface area contributed by atoms with Crippen LogP contribution in [0.3, 0.4) is 0 Å². The summed E-state index contributed by atoms with van der Waals surface area (Å²) >= 11 is 1.38. The van der Waals surface area contributed by atoms with Crippen molar-refractivity contribution in [3.63, 3.8) is 0 Å². The van der Waals surface area contributed by atoms with Crippen LogP contribution >= 0.6 is 11.3 Å². The summed E-state index contributed by atoms with van der Waals surface area (Å²) in [5.41, 5.74) is 9.10. The number of carbonyl (C=O) groups excluding carboxylic acids is 1. The fraction of sp³-hybridized carbons (Fsp3) is 0.208. The standard InChI is InChI=1S/C24H20FN5OS/c25-20-10-15(3-4-17(20)13-26)19-12-21(24(31)30-7-1-2-18(27)14-30)32-23(19)16-5-8-29-9-6-28-22(29)11-16/h3-6,8-12,18H,1-2,7,14,27H2. The highest BCUT2D eigenvalue weighted by Crippen LogP contribution is 2.40. The van der Waals surface area contributed by atoms with Gasteiger partial charge in [-0.15, -0.1) is 11.3 Å². The summed E-state index contributed by atoms with van der Waals surface area (Å²) in [6, 6.07) is 12.1. The molecule has 0 radical (unpaired) electrons. The largest absolute Gasteiger partial charge is 0.336 e. The topological polar surface area (TPSA) is 87.4 Å². The van der Waals surface area contributed by atoms with Crippen molar-refractivity contribution in [2.24, 2.45) is 5.73 Å². The molecule has 1 atom stereocenters. The molecule has 2 N–H and O–H groups in total. The summed E-state index contributed by atoms with van der Waals surface area (Å²) in [6.45, 7) is 1.22. The smallest absolute Gasteiger partial charge is 0.264 e. The van der Waals surface area contributed by atoms with Crippen molar-refractivity contribution < 1.29 is 9.18 Å². The molecule has 1 aliphatic rings. The van der Waals surface area contributed by atoms with Crippen molar-refractivity contribution >= 4 is 22.9 Å².